The van der Waals surface area contributed by atoms with E-state index in [0.29, 0.717) is 13.0 Å². The minimum atomic E-state index is -0.504. The minimum absolute atomic E-state index is 0.128. The number of benzene rings is 1. The van der Waals surface area contributed by atoms with Gasteiger partial charge in [-0.1, -0.05) is 30.3 Å². The van der Waals surface area contributed by atoms with Gasteiger partial charge in [0.2, 0.25) is 0 Å². The molecule has 0 aliphatic carbocycles. The number of hydrogen-bond donors (Lipinski definition) is 1. The summed E-state index contributed by atoms with van der Waals surface area (Å²) in [5, 5.41) is 2.68. The minimum Gasteiger partial charge on any atom is -0.464 e. The van der Waals surface area contributed by atoms with E-state index in [1.807, 2.05) is 30.3 Å². The van der Waals surface area contributed by atoms with Crippen molar-refractivity contribution >= 4 is 12.1 Å². The third-order valence-corrected chi connectivity index (χ3v) is 2.41. The van der Waals surface area contributed by atoms with Crippen LogP contribution in [0.25, 0.3) is 0 Å². The monoisotopic (exact) mass is 265 g/mol. The Morgan fingerprint density at radius 2 is 1.89 bits per heavy atom. The number of carbonyl (C=O) groups is 2. The van der Waals surface area contributed by atoms with Crippen molar-refractivity contribution < 1.29 is 19.1 Å². The molecular formula is C14H19NO4. The predicted molar refractivity (Wildman–Crippen MR) is 70.7 cm³/mol. The average molecular weight is 265 g/mol. The summed E-state index contributed by atoms with van der Waals surface area (Å²) in [6, 6.07) is 9.36. The number of hydrogen-bond acceptors (Lipinski definition) is 4. The van der Waals surface area contributed by atoms with E-state index >= 15 is 0 Å². The van der Waals surface area contributed by atoms with Gasteiger partial charge in [-0.2, -0.15) is 0 Å². The van der Waals surface area contributed by atoms with E-state index in [2.05, 4.69) is 5.32 Å². The van der Waals surface area contributed by atoms with Gasteiger partial charge in [0, 0.05) is 6.92 Å². The van der Waals surface area contributed by atoms with Crippen LogP contribution in [0.1, 0.15) is 19.4 Å². The lowest BCUT2D eigenvalue weighted by Crippen LogP contribution is -2.40. The van der Waals surface area contributed by atoms with E-state index < -0.39 is 6.09 Å². The summed E-state index contributed by atoms with van der Waals surface area (Å²) in [6.07, 6.45) is 0.0722. The first-order chi connectivity index (χ1) is 9.11. The Hall–Kier alpha value is -2.04. The van der Waals surface area contributed by atoms with Crippen LogP contribution in [0.2, 0.25) is 0 Å². The van der Waals surface area contributed by atoms with Crippen molar-refractivity contribution in [2.45, 2.75) is 26.3 Å². The number of rotatable bonds is 6. The Kier molecular flexibility index (Phi) is 6.43. The Labute approximate surface area is 112 Å². The van der Waals surface area contributed by atoms with Crippen molar-refractivity contribution in [2.75, 3.05) is 13.2 Å². The van der Waals surface area contributed by atoms with Gasteiger partial charge in [0.25, 0.3) is 0 Å². The largest absolute Gasteiger partial charge is 0.464 e. The third-order valence-electron chi connectivity index (χ3n) is 2.41. The van der Waals surface area contributed by atoms with Gasteiger partial charge in [0.05, 0.1) is 12.6 Å². The molecule has 0 bridgehead atoms. The molecule has 0 aromatic heterocycles. The molecular weight excluding hydrogens is 246 g/mol. The standard InChI is InChI=1S/C14H19NO4/c1-3-18-14(17)15-13(10-19-11(2)16)9-12-7-5-4-6-8-12/h4-8,13H,3,9-10H2,1-2H3,(H,15,17)/t13-/m0/s1. The van der Waals surface area contributed by atoms with E-state index in [1.54, 1.807) is 6.92 Å². The van der Waals surface area contributed by atoms with Gasteiger partial charge in [-0.05, 0) is 18.9 Å². The molecule has 19 heavy (non-hydrogen) atoms. The zero-order valence-electron chi connectivity index (χ0n) is 11.2. The Bertz CT molecular complexity index is 405. The summed E-state index contributed by atoms with van der Waals surface area (Å²) in [7, 11) is 0. The maximum Gasteiger partial charge on any atom is 0.407 e. The zero-order chi connectivity index (χ0) is 14.1. The molecule has 0 spiro atoms. The average Bonchev–Trinajstić information content (AvgIpc) is 2.37. The summed E-state index contributed by atoms with van der Waals surface area (Å²) >= 11 is 0. The molecule has 1 aromatic carbocycles. The maximum absolute atomic E-state index is 11.4. The van der Waals surface area contributed by atoms with Crippen molar-refractivity contribution in [2.24, 2.45) is 0 Å². The van der Waals surface area contributed by atoms with Crippen LogP contribution < -0.4 is 5.32 Å². The zero-order valence-corrected chi connectivity index (χ0v) is 11.2. The molecule has 0 heterocycles. The molecule has 0 aliphatic rings. The molecule has 0 radical (unpaired) electrons. The van der Waals surface area contributed by atoms with Crippen molar-refractivity contribution in [1.29, 1.82) is 0 Å². The van der Waals surface area contributed by atoms with E-state index in [4.69, 9.17) is 9.47 Å². The van der Waals surface area contributed by atoms with Crippen molar-refractivity contribution in [3.63, 3.8) is 0 Å². The highest BCUT2D eigenvalue weighted by atomic mass is 16.6. The van der Waals surface area contributed by atoms with Crippen LogP contribution in [-0.4, -0.2) is 31.3 Å². The lowest BCUT2D eigenvalue weighted by atomic mass is 10.1. The molecule has 5 heteroatoms. The normalized spacial score (nSPS) is 11.5. The third kappa shape index (κ3) is 6.45. The van der Waals surface area contributed by atoms with Gasteiger partial charge in [-0.3, -0.25) is 4.79 Å². The number of amides is 1. The van der Waals surface area contributed by atoms with E-state index in [9.17, 15) is 9.59 Å². The highest BCUT2D eigenvalue weighted by Gasteiger charge is 2.15. The first-order valence-corrected chi connectivity index (χ1v) is 6.22. The molecule has 1 N–H and O–H groups in total. The summed E-state index contributed by atoms with van der Waals surface area (Å²) in [5.74, 6) is -0.372. The fourth-order valence-electron chi connectivity index (χ4n) is 1.61. The Balaban J connectivity index is 2.58. The molecule has 1 atom stereocenters. The van der Waals surface area contributed by atoms with Crippen molar-refractivity contribution in [3.8, 4) is 0 Å². The van der Waals surface area contributed by atoms with Gasteiger partial charge in [0.1, 0.15) is 6.61 Å². The lowest BCUT2D eigenvalue weighted by molar-refractivity contribution is -0.141. The summed E-state index contributed by atoms with van der Waals surface area (Å²) in [5.41, 5.74) is 1.05. The van der Waals surface area contributed by atoms with Crippen LogP contribution in [0.4, 0.5) is 4.79 Å². The van der Waals surface area contributed by atoms with E-state index in [1.165, 1.54) is 6.92 Å². The number of nitrogens with one attached hydrogen (secondary N) is 1. The van der Waals surface area contributed by atoms with Gasteiger partial charge >= 0.3 is 12.1 Å². The highest BCUT2D eigenvalue weighted by Crippen LogP contribution is 2.04. The molecule has 0 unspecified atom stereocenters. The maximum atomic E-state index is 11.4. The number of carbonyl (C=O) groups excluding carboxylic acids is 2. The lowest BCUT2D eigenvalue weighted by Gasteiger charge is -2.18. The molecule has 0 saturated carbocycles. The first-order valence-electron chi connectivity index (χ1n) is 6.22. The van der Waals surface area contributed by atoms with Gasteiger partial charge in [0.15, 0.2) is 0 Å². The second kappa shape index (κ2) is 8.13. The second-order valence-corrected chi connectivity index (χ2v) is 4.05. The van der Waals surface area contributed by atoms with Crippen LogP contribution in [0, 0.1) is 0 Å². The number of ether oxygens (including phenoxy) is 2. The SMILES string of the molecule is CCOC(=O)N[C@H](COC(C)=O)Cc1ccccc1. The molecule has 1 amide bonds. The second-order valence-electron chi connectivity index (χ2n) is 4.05. The van der Waals surface area contributed by atoms with E-state index in [0.717, 1.165) is 5.56 Å². The summed E-state index contributed by atoms with van der Waals surface area (Å²) in [6.45, 7) is 3.50. The van der Waals surface area contributed by atoms with Crippen LogP contribution in [0.15, 0.2) is 30.3 Å². The first kappa shape index (κ1) is 15.0. The smallest absolute Gasteiger partial charge is 0.407 e. The highest BCUT2D eigenvalue weighted by molar-refractivity contribution is 5.68. The predicted octanol–water partition coefficient (Wildman–Crippen LogP) is 1.91. The van der Waals surface area contributed by atoms with Crippen LogP contribution in [0.5, 0.6) is 0 Å². The van der Waals surface area contributed by atoms with Gasteiger partial charge < -0.3 is 14.8 Å². The molecule has 0 fully saturated rings. The topological polar surface area (TPSA) is 64.6 Å². The van der Waals surface area contributed by atoms with Gasteiger partial charge in [-0.25, -0.2) is 4.79 Å². The van der Waals surface area contributed by atoms with Crippen molar-refractivity contribution in [3.05, 3.63) is 35.9 Å². The van der Waals surface area contributed by atoms with E-state index in [-0.39, 0.29) is 18.6 Å². The summed E-state index contributed by atoms with van der Waals surface area (Å²) in [4.78, 5) is 22.3. The Morgan fingerprint density at radius 1 is 1.21 bits per heavy atom. The fourth-order valence-corrected chi connectivity index (χ4v) is 1.61. The molecule has 1 aromatic rings. The molecule has 1 rings (SSSR count). The van der Waals surface area contributed by atoms with Crippen LogP contribution in [-0.2, 0) is 20.7 Å². The van der Waals surface area contributed by atoms with Crippen LogP contribution in [0.3, 0.4) is 0 Å². The number of esters is 1. The van der Waals surface area contributed by atoms with Crippen molar-refractivity contribution in [1.82, 2.24) is 5.32 Å². The molecule has 0 aliphatic heterocycles. The van der Waals surface area contributed by atoms with Gasteiger partial charge in [-0.15, -0.1) is 0 Å². The molecule has 5 nitrogen and oxygen atoms in total. The molecule has 0 saturated heterocycles. The molecule has 104 valence electrons. The number of alkyl carbamates (subject to hydrolysis) is 1. The Morgan fingerprint density at radius 3 is 2.47 bits per heavy atom. The van der Waals surface area contributed by atoms with Crippen LogP contribution >= 0.6 is 0 Å². The fraction of sp³-hybridized carbons (Fsp3) is 0.429. The summed E-state index contributed by atoms with van der Waals surface area (Å²) < 4.78 is 9.77. The quantitative estimate of drug-likeness (QED) is 0.798.